The van der Waals surface area contributed by atoms with Crippen molar-refractivity contribution in [3.05, 3.63) is 59.8 Å². The highest BCUT2D eigenvalue weighted by Gasteiger charge is 2.19. The van der Waals surface area contributed by atoms with Gasteiger partial charge in [0.2, 0.25) is 0 Å². The van der Waals surface area contributed by atoms with Crippen LogP contribution in [0.15, 0.2) is 48.7 Å². The molecule has 0 saturated carbocycles. The highest BCUT2D eigenvalue weighted by Crippen LogP contribution is 2.33. The van der Waals surface area contributed by atoms with E-state index in [9.17, 15) is 0 Å². The summed E-state index contributed by atoms with van der Waals surface area (Å²) >= 11 is 0. The molecule has 0 aliphatic rings. The fourth-order valence-corrected chi connectivity index (χ4v) is 3.49. The summed E-state index contributed by atoms with van der Waals surface area (Å²) in [5.41, 5.74) is 9.85. The van der Waals surface area contributed by atoms with Crippen molar-refractivity contribution in [2.45, 2.75) is 25.8 Å². The van der Waals surface area contributed by atoms with Gasteiger partial charge in [0.15, 0.2) is 0 Å². The lowest BCUT2D eigenvalue weighted by Crippen LogP contribution is -2.15. The Kier molecular flexibility index (Phi) is 5.29. The molecule has 0 fully saturated rings. The Balaban J connectivity index is 2.02. The second-order valence-electron chi connectivity index (χ2n) is 6.20. The highest BCUT2D eigenvalue weighted by atomic mass is 16.5. The number of para-hydroxylation sites is 1. The first kappa shape index (κ1) is 17.4. The number of ether oxygens (including phenoxy) is 2. The van der Waals surface area contributed by atoms with Gasteiger partial charge in [0.05, 0.1) is 14.2 Å². The van der Waals surface area contributed by atoms with Crippen LogP contribution in [0.5, 0.6) is 11.5 Å². The summed E-state index contributed by atoms with van der Waals surface area (Å²) in [5, 5.41) is 1.28. The maximum Gasteiger partial charge on any atom is 0.122 e. The second kappa shape index (κ2) is 7.62. The lowest BCUT2D eigenvalue weighted by atomic mass is 9.91. The minimum absolute atomic E-state index is 0.221. The third-order valence-corrected chi connectivity index (χ3v) is 4.84. The number of nitrogens with two attached hydrogens (primary N) is 1. The van der Waals surface area contributed by atoms with Gasteiger partial charge in [0.25, 0.3) is 0 Å². The van der Waals surface area contributed by atoms with E-state index in [-0.39, 0.29) is 5.92 Å². The predicted octanol–water partition coefficient (Wildman–Crippen LogP) is 3.96. The molecular formula is C21H26N2O2. The zero-order valence-electron chi connectivity index (χ0n) is 15.2. The number of hydrogen-bond acceptors (Lipinski definition) is 3. The summed E-state index contributed by atoms with van der Waals surface area (Å²) in [5.74, 6) is 1.93. The summed E-state index contributed by atoms with van der Waals surface area (Å²) in [7, 11) is 3.38. The molecule has 0 spiro atoms. The van der Waals surface area contributed by atoms with Crippen LogP contribution in [0.1, 0.15) is 24.0 Å². The van der Waals surface area contributed by atoms with Gasteiger partial charge < -0.3 is 19.8 Å². The van der Waals surface area contributed by atoms with Crippen molar-refractivity contribution in [1.82, 2.24) is 4.57 Å². The van der Waals surface area contributed by atoms with E-state index in [4.69, 9.17) is 15.2 Å². The van der Waals surface area contributed by atoms with E-state index in [1.165, 1.54) is 16.5 Å². The fourth-order valence-electron chi connectivity index (χ4n) is 3.49. The van der Waals surface area contributed by atoms with Crippen molar-refractivity contribution in [1.29, 1.82) is 0 Å². The Labute approximate surface area is 149 Å². The number of methoxy groups -OCH3 is 2. The van der Waals surface area contributed by atoms with Crippen LogP contribution in [-0.2, 0) is 13.0 Å². The molecule has 0 saturated heterocycles. The van der Waals surface area contributed by atoms with E-state index < -0.39 is 0 Å². The summed E-state index contributed by atoms with van der Waals surface area (Å²) in [4.78, 5) is 0. The van der Waals surface area contributed by atoms with Crippen molar-refractivity contribution in [3.63, 3.8) is 0 Å². The Bertz CT molecular complexity index is 854. The fraction of sp³-hybridized carbons (Fsp3) is 0.333. The maximum absolute atomic E-state index is 6.18. The van der Waals surface area contributed by atoms with Gasteiger partial charge in [0, 0.05) is 29.6 Å². The lowest BCUT2D eigenvalue weighted by molar-refractivity contribution is 0.397. The molecule has 25 heavy (non-hydrogen) atoms. The average Bonchev–Trinajstić information content (AvgIpc) is 3.04. The number of hydrogen-bond donors (Lipinski definition) is 1. The maximum atomic E-state index is 6.18. The van der Waals surface area contributed by atoms with Gasteiger partial charge in [-0.05, 0) is 55.3 Å². The van der Waals surface area contributed by atoms with E-state index in [0.717, 1.165) is 30.0 Å². The Hall–Kier alpha value is -2.46. The van der Waals surface area contributed by atoms with E-state index in [1.54, 1.807) is 14.2 Å². The van der Waals surface area contributed by atoms with Crippen LogP contribution in [0.2, 0.25) is 0 Å². The van der Waals surface area contributed by atoms with Crippen LogP contribution in [0, 0.1) is 0 Å². The molecule has 1 aromatic heterocycles. The molecule has 3 rings (SSSR count). The zero-order chi connectivity index (χ0) is 17.8. The van der Waals surface area contributed by atoms with Gasteiger partial charge in [-0.2, -0.15) is 0 Å². The normalized spacial score (nSPS) is 12.3. The van der Waals surface area contributed by atoms with Gasteiger partial charge in [0.1, 0.15) is 11.5 Å². The van der Waals surface area contributed by atoms with Crippen LogP contribution >= 0.6 is 0 Å². The first-order valence-electron chi connectivity index (χ1n) is 8.70. The summed E-state index contributed by atoms with van der Waals surface area (Å²) < 4.78 is 13.2. The van der Waals surface area contributed by atoms with E-state index in [2.05, 4.69) is 42.0 Å². The minimum atomic E-state index is 0.221. The quantitative estimate of drug-likeness (QED) is 0.709. The second-order valence-corrected chi connectivity index (χ2v) is 6.20. The Morgan fingerprint density at radius 1 is 1.08 bits per heavy atom. The third-order valence-electron chi connectivity index (χ3n) is 4.84. The van der Waals surface area contributed by atoms with E-state index in [0.29, 0.717) is 6.54 Å². The number of nitrogens with zero attached hydrogens (tertiary/aromatic N) is 1. The molecule has 0 aliphatic heterocycles. The summed E-state index contributed by atoms with van der Waals surface area (Å²) in [6.45, 7) is 3.69. The number of fused-ring (bicyclic) bond motifs is 1. The average molecular weight is 338 g/mol. The molecule has 4 nitrogen and oxygen atoms in total. The van der Waals surface area contributed by atoms with Crippen LogP contribution in [0.25, 0.3) is 10.9 Å². The molecule has 1 atom stereocenters. The molecule has 1 heterocycles. The predicted molar refractivity (Wildman–Crippen MR) is 103 cm³/mol. The van der Waals surface area contributed by atoms with Crippen molar-refractivity contribution in [2.24, 2.45) is 5.73 Å². The van der Waals surface area contributed by atoms with Crippen LogP contribution in [0.3, 0.4) is 0 Å². The zero-order valence-corrected chi connectivity index (χ0v) is 15.2. The van der Waals surface area contributed by atoms with E-state index in [1.807, 2.05) is 18.2 Å². The molecule has 3 aromatic rings. The molecule has 2 N–H and O–H groups in total. The Morgan fingerprint density at radius 2 is 1.88 bits per heavy atom. The first-order chi connectivity index (χ1) is 12.2. The number of aryl methyl sites for hydroxylation is 1. The molecular weight excluding hydrogens is 312 g/mol. The van der Waals surface area contributed by atoms with Crippen LogP contribution in [-0.4, -0.2) is 25.3 Å². The van der Waals surface area contributed by atoms with Gasteiger partial charge in [-0.1, -0.05) is 18.2 Å². The van der Waals surface area contributed by atoms with Crippen LogP contribution < -0.4 is 15.2 Å². The largest absolute Gasteiger partial charge is 0.497 e. The lowest BCUT2D eigenvalue weighted by Gasteiger charge is -2.17. The first-order valence-corrected chi connectivity index (χ1v) is 8.70. The number of aromatic nitrogens is 1. The molecule has 0 bridgehead atoms. The molecule has 0 aliphatic carbocycles. The molecule has 132 valence electrons. The molecule has 0 amide bonds. The summed E-state index contributed by atoms with van der Waals surface area (Å²) in [6.07, 6.45) is 3.06. The van der Waals surface area contributed by atoms with Gasteiger partial charge in [-0.15, -0.1) is 0 Å². The standard InChI is InChI=1S/C21H26N2O2/c1-4-23-14-19(18-7-5-6-8-20(18)23)16(13-22)11-15-12-17(24-2)9-10-21(15)25-3/h5-10,12,14,16H,4,11,13,22H2,1-3H3. The summed E-state index contributed by atoms with van der Waals surface area (Å²) in [6, 6.07) is 14.4. The third kappa shape index (κ3) is 3.35. The monoisotopic (exact) mass is 338 g/mol. The number of rotatable bonds is 7. The van der Waals surface area contributed by atoms with Crippen LogP contribution in [0.4, 0.5) is 0 Å². The number of benzene rings is 2. The minimum Gasteiger partial charge on any atom is -0.497 e. The van der Waals surface area contributed by atoms with Crippen molar-refractivity contribution in [3.8, 4) is 11.5 Å². The molecule has 0 radical (unpaired) electrons. The topological polar surface area (TPSA) is 49.4 Å². The Morgan fingerprint density at radius 3 is 2.56 bits per heavy atom. The SMILES string of the molecule is CCn1cc(C(CN)Cc2cc(OC)ccc2OC)c2ccccc21. The smallest absolute Gasteiger partial charge is 0.122 e. The van der Waals surface area contributed by atoms with Gasteiger partial charge in [-0.3, -0.25) is 0 Å². The highest BCUT2D eigenvalue weighted by molar-refractivity contribution is 5.84. The molecule has 2 aromatic carbocycles. The van der Waals surface area contributed by atoms with Gasteiger partial charge in [-0.25, -0.2) is 0 Å². The van der Waals surface area contributed by atoms with Crippen molar-refractivity contribution < 1.29 is 9.47 Å². The molecule has 1 unspecified atom stereocenters. The van der Waals surface area contributed by atoms with E-state index >= 15 is 0 Å². The van der Waals surface area contributed by atoms with Crippen molar-refractivity contribution in [2.75, 3.05) is 20.8 Å². The van der Waals surface area contributed by atoms with Crippen molar-refractivity contribution >= 4 is 10.9 Å². The molecule has 4 heteroatoms. The van der Waals surface area contributed by atoms with Gasteiger partial charge >= 0.3 is 0 Å².